The fraction of sp³-hybridized carbons (Fsp3) is 1.00. The Morgan fingerprint density at radius 2 is 2.07 bits per heavy atom. The summed E-state index contributed by atoms with van der Waals surface area (Å²) in [5, 5.41) is 12.6. The smallest absolute Gasteiger partial charge is 0.0897 e. The molecular weight excluding hydrogens is 178 g/mol. The maximum atomic E-state index is 9.45. The van der Waals surface area contributed by atoms with Crippen molar-refractivity contribution in [1.82, 2.24) is 5.32 Å². The van der Waals surface area contributed by atoms with Gasteiger partial charge in [-0.1, -0.05) is 20.8 Å². The fourth-order valence-corrected chi connectivity index (χ4v) is 1.04. The molecule has 0 saturated heterocycles. The van der Waals surface area contributed by atoms with Crippen LogP contribution in [0, 0.1) is 5.92 Å². The molecule has 1 unspecified atom stereocenters. The second-order valence-electron chi connectivity index (χ2n) is 4.12. The van der Waals surface area contributed by atoms with Crippen molar-refractivity contribution < 1.29 is 9.84 Å². The van der Waals surface area contributed by atoms with Crippen LogP contribution in [0.3, 0.4) is 0 Å². The zero-order valence-corrected chi connectivity index (χ0v) is 9.75. The molecule has 0 aliphatic carbocycles. The zero-order chi connectivity index (χ0) is 10.8. The molecule has 2 N–H and O–H groups in total. The van der Waals surface area contributed by atoms with E-state index in [0.29, 0.717) is 19.1 Å². The largest absolute Gasteiger partial charge is 0.389 e. The number of aliphatic hydroxyl groups is 1. The Labute approximate surface area is 87.8 Å². The van der Waals surface area contributed by atoms with Crippen LogP contribution in [0.2, 0.25) is 0 Å². The molecule has 0 bridgehead atoms. The lowest BCUT2D eigenvalue weighted by atomic mass is 10.1. The first-order chi connectivity index (χ1) is 6.66. The highest BCUT2D eigenvalue weighted by Crippen LogP contribution is 1.99. The minimum absolute atomic E-state index is 0.367. The summed E-state index contributed by atoms with van der Waals surface area (Å²) in [7, 11) is 0. The van der Waals surface area contributed by atoms with Gasteiger partial charge in [0.05, 0.1) is 12.7 Å². The van der Waals surface area contributed by atoms with Gasteiger partial charge in [0, 0.05) is 13.2 Å². The molecule has 14 heavy (non-hydrogen) atoms. The molecule has 0 aliphatic rings. The van der Waals surface area contributed by atoms with Crippen LogP contribution in [0.15, 0.2) is 0 Å². The first-order valence-electron chi connectivity index (χ1n) is 5.63. The molecule has 3 nitrogen and oxygen atoms in total. The summed E-state index contributed by atoms with van der Waals surface area (Å²) in [6, 6.07) is 0. The molecule has 1 atom stereocenters. The van der Waals surface area contributed by atoms with Crippen LogP contribution in [-0.2, 0) is 4.74 Å². The van der Waals surface area contributed by atoms with Crippen LogP contribution < -0.4 is 5.32 Å². The van der Waals surface area contributed by atoms with Gasteiger partial charge >= 0.3 is 0 Å². The molecule has 86 valence electrons. The van der Waals surface area contributed by atoms with Crippen molar-refractivity contribution in [3.63, 3.8) is 0 Å². The number of hydrogen-bond donors (Lipinski definition) is 2. The maximum absolute atomic E-state index is 9.45. The van der Waals surface area contributed by atoms with E-state index in [-0.39, 0.29) is 6.10 Å². The fourth-order valence-electron chi connectivity index (χ4n) is 1.04. The highest BCUT2D eigenvalue weighted by Gasteiger charge is 2.03. The Kier molecular flexibility index (Phi) is 9.35. The van der Waals surface area contributed by atoms with Crippen LogP contribution in [0.5, 0.6) is 0 Å². The Hall–Kier alpha value is -0.120. The van der Waals surface area contributed by atoms with Crippen molar-refractivity contribution >= 4 is 0 Å². The SMILES string of the molecule is CCCNCC(O)COCCC(C)C. The van der Waals surface area contributed by atoms with Crippen molar-refractivity contribution in [3.8, 4) is 0 Å². The molecule has 3 heteroatoms. The van der Waals surface area contributed by atoms with Crippen LogP contribution >= 0.6 is 0 Å². The van der Waals surface area contributed by atoms with Crippen LogP contribution in [0.4, 0.5) is 0 Å². The van der Waals surface area contributed by atoms with Crippen molar-refractivity contribution in [2.75, 3.05) is 26.3 Å². The van der Waals surface area contributed by atoms with E-state index < -0.39 is 0 Å². The average molecular weight is 203 g/mol. The number of aliphatic hydroxyl groups excluding tert-OH is 1. The number of rotatable bonds is 9. The predicted molar refractivity (Wildman–Crippen MR) is 59.4 cm³/mol. The van der Waals surface area contributed by atoms with E-state index in [1.54, 1.807) is 0 Å². The monoisotopic (exact) mass is 203 g/mol. The van der Waals surface area contributed by atoms with Crippen molar-refractivity contribution in [1.29, 1.82) is 0 Å². The molecular formula is C11H25NO2. The van der Waals surface area contributed by atoms with Gasteiger partial charge in [0.25, 0.3) is 0 Å². The number of nitrogens with one attached hydrogen (secondary N) is 1. The summed E-state index contributed by atoms with van der Waals surface area (Å²) in [6.07, 6.45) is 1.80. The first-order valence-corrected chi connectivity index (χ1v) is 5.63. The summed E-state index contributed by atoms with van der Waals surface area (Å²) in [5.41, 5.74) is 0. The lowest BCUT2D eigenvalue weighted by Gasteiger charge is -2.12. The zero-order valence-electron chi connectivity index (χ0n) is 9.75. The van der Waals surface area contributed by atoms with Crippen LogP contribution in [0.1, 0.15) is 33.6 Å². The topological polar surface area (TPSA) is 41.5 Å². The van der Waals surface area contributed by atoms with Gasteiger partial charge in [-0.25, -0.2) is 0 Å². The quantitative estimate of drug-likeness (QED) is 0.557. The summed E-state index contributed by atoms with van der Waals surface area (Å²) in [6.45, 7) is 9.24. The average Bonchev–Trinajstić information content (AvgIpc) is 2.13. The molecule has 0 aromatic rings. The molecule has 0 aromatic heterocycles. The molecule has 0 fully saturated rings. The molecule has 0 amide bonds. The molecule has 0 spiro atoms. The summed E-state index contributed by atoms with van der Waals surface area (Å²) >= 11 is 0. The predicted octanol–water partition coefficient (Wildman–Crippen LogP) is 1.41. The van der Waals surface area contributed by atoms with E-state index in [0.717, 1.165) is 26.0 Å². The van der Waals surface area contributed by atoms with Gasteiger partial charge < -0.3 is 15.2 Å². The summed E-state index contributed by atoms with van der Waals surface area (Å²) in [5.74, 6) is 0.672. The second-order valence-corrected chi connectivity index (χ2v) is 4.12. The Morgan fingerprint density at radius 1 is 1.36 bits per heavy atom. The maximum Gasteiger partial charge on any atom is 0.0897 e. The van der Waals surface area contributed by atoms with E-state index in [4.69, 9.17) is 4.74 Å². The number of hydrogen-bond acceptors (Lipinski definition) is 3. The van der Waals surface area contributed by atoms with Crippen LogP contribution in [-0.4, -0.2) is 37.5 Å². The van der Waals surface area contributed by atoms with Crippen molar-refractivity contribution in [3.05, 3.63) is 0 Å². The van der Waals surface area contributed by atoms with Gasteiger partial charge in [-0.05, 0) is 25.3 Å². The van der Waals surface area contributed by atoms with Gasteiger partial charge in [0.1, 0.15) is 0 Å². The van der Waals surface area contributed by atoms with E-state index in [9.17, 15) is 5.11 Å². The van der Waals surface area contributed by atoms with E-state index in [2.05, 4.69) is 26.1 Å². The number of ether oxygens (including phenoxy) is 1. The highest BCUT2D eigenvalue weighted by molar-refractivity contribution is 4.57. The van der Waals surface area contributed by atoms with Crippen molar-refractivity contribution in [2.24, 2.45) is 5.92 Å². The van der Waals surface area contributed by atoms with E-state index >= 15 is 0 Å². The molecule has 0 rings (SSSR count). The van der Waals surface area contributed by atoms with Gasteiger partial charge in [-0.2, -0.15) is 0 Å². The lowest BCUT2D eigenvalue weighted by Crippen LogP contribution is -2.31. The minimum Gasteiger partial charge on any atom is -0.389 e. The Balaban J connectivity index is 3.14. The van der Waals surface area contributed by atoms with Crippen molar-refractivity contribution in [2.45, 2.75) is 39.7 Å². The normalized spacial score (nSPS) is 13.5. The minimum atomic E-state index is -0.367. The molecule has 0 heterocycles. The Morgan fingerprint density at radius 3 is 2.64 bits per heavy atom. The molecule has 0 aliphatic heterocycles. The first kappa shape index (κ1) is 13.9. The third-order valence-electron chi connectivity index (χ3n) is 1.96. The Bertz CT molecular complexity index is 118. The lowest BCUT2D eigenvalue weighted by molar-refractivity contribution is 0.0331. The molecule has 0 saturated carbocycles. The van der Waals surface area contributed by atoms with Gasteiger partial charge in [0.15, 0.2) is 0 Å². The molecule has 0 aromatic carbocycles. The summed E-state index contributed by atoms with van der Waals surface area (Å²) in [4.78, 5) is 0. The molecule has 0 radical (unpaired) electrons. The van der Waals surface area contributed by atoms with E-state index in [1.165, 1.54) is 0 Å². The third kappa shape index (κ3) is 9.96. The third-order valence-corrected chi connectivity index (χ3v) is 1.96. The van der Waals surface area contributed by atoms with Gasteiger partial charge in [-0.15, -0.1) is 0 Å². The second kappa shape index (κ2) is 9.44. The standard InChI is InChI=1S/C11H25NO2/c1-4-6-12-8-11(13)9-14-7-5-10(2)3/h10-13H,4-9H2,1-3H3. The van der Waals surface area contributed by atoms with Gasteiger partial charge in [-0.3, -0.25) is 0 Å². The van der Waals surface area contributed by atoms with Crippen LogP contribution in [0.25, 0.3) is 0 Å². The summed E-state index contributed by atoms with van der Waals surface area (Å²) < 4.78 is 5.35. The van der Waals surface area contributed by atoms with E-state index in [1.807, 2.05) is 0 Å². The van der Waals surface area contributed by atoms with Gasteiger partial charge in [0.2, 0.25) is 0 Å². The highest BCUT2D eigenvalue weighted by atomic mass is 16.5.